The fourth-order valence-corrected chi connectivity index (χ4v) is 5.60. The van der Waals surface area contributed by atoms with Gasteiger partial charge in [-0.25, -0.2) is 0 Å². The van der Waals surface area contributed by atoms with Gasteiger partial charge in [0.2, 0.25) is 0 Å². The second-order valence-electron chi connectivity index (χ2n) is 4.47. The maximum absolute atomic E-state index is 13.1. The van der Waals surface area contributed by atoms with Crippen molar-refractivity contribution < 1.29 is 9.67 Å². The van der Waals surface area contributed by atoms with Crippen molar-refractivity contribution in [3.8, 4) is 12.1 Å². The predicted octanol–water partition coefficient (Wildman–Crippen LogP) is 3.26. The average molecular weight is 311 g/mol. The highest BCUT2D eigenvalue weighted by molar-refractivity contribution is 7.65. The van der Waals surface area contributed by atoms with E-state index in [1.807, 2.05) is 12.1 Å². The molecule has 1 atom stereocenters. The van der Waals surface area contributed by atoms with Gasteiger partial charge in [-0.1, -0.05) is 30.3 Å². The molecule has 0 amide bonds. The molecular weight excluding hydrogens is 295 g/mol. The Labute approximate surface area is 124 Å². The van der Waals surface area contributed by atoms with Crippen molar-refractivity contribution in [2.24, 2.45) is 0 Å². The van der Waals surface area contributed by atoms with Crippen LogP contribution < -0.4 is 0 Å². The highest BCUT2D eigenvalue weighted by Gasteiger charge is 2.46. The summed E-state index contributed by atoms with van der Waals surface area (Å²) in [5.74, 6) is -0.231. The van der Waals surface area contributed by atoms with Crippen LogP contribution >= 0.6 is 18.7 Å². The molecule has 1 unspecified atom stereocenters. The molecule has 0 aliphatic carbocycles. The Morgan fingerprint density at radius 2 is 1.65 bits per heavy atom. The van der Waals surface area contributed by atoms with E-state index in [1.165, 1.54) is 0 Å². The van der Waals surface area contributed by atoms with Gasteiger partial charge in [-0.3, -0.25) is 0 Å². The van der Waals surface area contributed by atoms with Gasteiger partial charge >= 0.3 is 0 Å². The molecule has 0 aliphatic heterocycles. The number of rotatable bonds is 7. The van der Waals surface area contributed by atoms with Gasteiger partial charge in [0.05, 0.1) is 18.0 Å². The van der Waals surface area contributed by atoms with Crippen molar-refractivity contribution in [3.05, 3.63) is 35.9 Å². The number of hydrogen-bond acceptors (Lipinski definition) is 4. The summed E-state index contributed by atoms with van der Waals surface area (Å²) in [5, 5.41) is 26.6. The molecule has 0 bridgehead atoms. The quantitative estimate of drug-likeness (QED) is 0.618. The van der Waals surface area contributed by atoms with Crippen LogP contribution in [0.1, 0.15) is 18.4 Å². The van der Waals surface area contributed by atoms with Crippen molar-refractivity contribution in [2.75, 3.05) is 18.2 Å². The van der Waals surface area contributed by atoms with Crippen LogP contribution in [0.4, 0.5) is 0 Å². The summed E-state index contributed by atoms with van der Waals surface area (Å²) in [7, 11) is -3.22. The van der Waals surface area contributed by atoms with Crippen molar-refractivity contribution in [2.45, 2.75) is 18.2 Å². The molecule has 0 aromatic heterocycles. The summed E-state index contributed by atoms with van der Waals surface area (Å²) < 4.78 is 13.1. The lowest BCUT2D eigenvalue weighted by Crippen LogP contribution is -2.30. The Hall–Kier alpha value is -1.32. The average Bonchev–Trinajstić information content (AvgIpc) is 2.50. The van der Waals surface area contributed by atoms with E-state index in [1.54, 1.807) is 30.3 Å². The van der Waals surface area contributed by atoms with E-state index in [-0.39, 0.29) is 31.0 Å². The topological polar surface area (TPSA) is 84.9 Å². The molecule has 20 heavy (non-hydrogen) atoms. The molecule has 0 aliphatic rings. The molecule has 1 aromatic rings. The molecule has 0 radical (unpaired) electrons. The summed E-state index contributed by atoms with van der Waals surface area (Å²) in [6, 6.07) is 12.4. The van der Waals surface area contributed by atoms with Crippen LogP contribution in [0.5, 0.6) is 0 Å². The van der Waals surface area contributed by atoms with E-state index < -0.39 is 12.5 Å². The first-order valence-corrected chi connectivity index (χ1v) is 8.81. The fraction of sp³-hybridized carbons (Fsp3) is 0.429. The molecule has 4 nitrogen and oxygen atoms in total. The number of nitriles is 2. The van der Waals surface area contributed by atoms with E-state index in [2.05, 4.69) is 0 Å². The largest absolute Gasteiger partial charge is 0.376 e. The second-order valence-corrected chi connectivity index (χ2v) is 8.15. The van der Waals surface area contributed by atoms with Gasteiger partial charge in [-0.05, 0) is 5.56 Å². The summed E-state index contributed by atoms with van der Waals surface area (Å²) in [6.07, 6.45) is 0.246. The number of hydrogen-bond donors (Lipinski definition) is 1. The molecule has 0 saturated carbocycles. The molecular formula is C14H16ClN2O2P. The molecule has 106 valence electrons. The molecule has 1 N–H and O–H groups in total. The lowest BCUT2D eigenvalue weighted by atomic mass is 10.1. The first kappa shape index (κ1) is 16.7. The normalized spacial score (nSPS) is 14.0. The van der Waals surface area contributed by atoms with Gasteiger partial charge in [0.15, 0.2) is 5.34 Å². The van der Waals surface area contributed by atoms with E-state index in [0.717, 1.165) is 0 Å². The summed E-state index contributed by atoms with van der Waals surface area (Å²) in [6.45, 7) is 0. The molecule has 0 spiro atoms. The lowest BCUT2D eigenvalue weighted by Gasteiger charge is -2.35. The third kappa shape index (κ3) is 3.41. The third-order valence-electron chi connectivity index (χ3n) is 3.27. The molecule has 6 heteroatoms. The van der Waals surface area contributed by atoms with Crippen molar-refractivity contribution in [3.63, 3.8) is 0 Å². The summed E-state index contributed by atoms with van der Waals surface area (Å²) in [4.78, 5) is 0. The van der Waals surface area contributed by atoms with Gasteiger partial charge in [-0.15, -0.1) is 11.6 Å². The molecule has 0 heterocycles. The zero-order valence-corrected chi connectivity index (χ0v) is 12.6. The standard InChI is InChI=1S/C14H16ClN2O2P/c15-12-14(18,13-6-2-1-3-7-13)20(19,10-4-8-16)11-5-9-17/h1-3,6-7,18H,4-5,10-12H2. The van der Waals surface area contributed by atoms with E-state index >= 15 is 0 Å². The fourth-order valence-electron chi connectivity index (χ4n) is 2.07. The van der Waals surface area contributed by atoms with Gasteiger partial charge in [0, 0.05) is 25.2 Å². The highest BCUT2D eigenvalue weighted by atomic mass is 35.5. The summed E-state index contributed by atoms with van der Waals surface area (Å²) in [5.41, 5.74) is 0.467. The molecule has 1 rings (SSSR count). The van der Waals surface area contributed by atoms with Crippen molar-refractivity contribution in [1.82, 2.24) is 0 Å². The van der Waals surface area contributed by atoms with Crippen LogP contribution in [0.25, 0.3) is 0 Å². The van der Waals surface area contributed by atoms with Crippen LogP contribution in [-0.4, -0.2) is 23.3 Å². The molecule has 1 aromatic carbocycles. The van der Waals surface area contributed by atoms with Gasteiger partial charge < -0.3 is 9.67 Å². The van der Waals surface area contributed by atoms with Crippen LogP contribution in [0.15, 0.2) is 30.3 Å². The zero-order chi connectivity index (χ0) is 15.1. The minimum Gasteiger partial charge on any atom is -0.376 e. The van der Waals surface area contributed by atoms with Crippen LogP contribution in [-0.2, 0) is 9.91 Å². The van der Waals surface area contributed by atoms with Crippen molar-refractivity contribution >= 4 is 18.7 Å². The van der Waals surface area contributed by atoms with Crippen molar-refractivity contribution in [1.29, 1.82) is 10.5 Å². The Bertz CT molecular complexity index is 543. The number of aliphatic hydroxyl groups is 1. The number of alkyl halides is 1. The molecule has 0 fully saturated rings. The first-order chi connectivity index (χ1) is 9.54. The Morgan fingerprint density at radius 1 is 1.15 bits per heavy atom. The minimum atomic E-state index is -3.22. The Balaban J connectivity index is 3.24. The Kier molecular flexibility index (Phi) is 6.24. The van der Waals surface area contributed by atoms with Gasteiger partial charge in [0.25, 0.3) is 0 Å². The van der Waals surface area contributed by atoms with Crippen LogP contribution in [0, 0.1) is 22.7 Å². The van der Waals surface area contributed by atoms with E-state index in [4.69, 9.17) is 22.1 Å². The van der Waals surface area contributed by atoms with E-state index in [9.17, 15) is 9.67 Å². The maximum Gasteiger partial charge on any atom is 0.155 e. The maximum atomic E-state index is 13.1. The molecule has 0 saturated heterocycles. The summed E-state index contributed by atoms with van der Waals surface area (Å²) >= 11 is 5.90. The number of benzene rings is 1. The van der Waals surface area contributed by atoms with Gasteiger partial charge in [0.1, 0.15) is 7.14 Å². The monoisotopic (exact) mass is 310 g/mol. The first-order valence-electron chi connectivity index (χ1n) is 6.20. The van der Waals surface area contributed by atoms with Crippen LogP contribution in [0.3, 0.4) is 0 Å². The highest BCUT2D eigenvalue weighted by Crippen LogP contribution is 2.62. The van der Waals surface area contributed by atoms with Crippen LogP contribution in [0.2, 0.25) is 0 Å². The predicted molar refractivity (Wildman–Crippen MR) is 78.9 cm³/mol. The third-order valence-corrected chi connectivity index (χ3v) is 7.50. The zero-order valence-electron chi connectivity index (χ0n) is 11.0. The van der Waals surface area contributed by atoms with Gasteiger partial charge in [-0.2, -0.15) is 10.5 Å². The SMILES string of the molecule is N#CCCP(=O)(CCC#N)C(O)(CCl)c1ccccc1. The second kappa shape index (κ2) is 7.46. The number of nitrogens with zero attached hydrogens (tertiary/aromatic N) is 2. The van der Waals surface area contributed by atoms with E-state index in [0.29, 0.717) is 5.56 Å². The minimum absolute atomic E-state index is 0.0588. The smallest absolute Gasteiger partial charge is 0.155 e. The lowest BCUT2D eigenvalue weighted by molar-refractivity contribution is 0.146. The Morgan fingerprint density at radius 3 is 2.05 bits per heavy atom. The number of halogens is 1.